The summed E-state index contributed by atoms with van der Waals surface area (Å²) in [6, 6.07) is 0. The Balaban J connectivity index is 2.11. The van der Waals surface area contributed by atoms with Gasteiger partial charge in [-0.1, -0.05) is 0 Å². The third kappa shape index (κ3) is 0.892. The SMILES string of the molecule is COC1CC(C=O)C1. The molecule has 0 atom stereocenters. The van der Waals surface area contributed by atoms with Crippen molar-refractivity contribution < 1.29 is 9.53 Å². The zero-order valence-corrected chi connectivity index (χ0v) is 4.96. The lowest BCUT2D eigenvalue weighted by Crippen LogP contribution is -2.30. The molecule has 2 nitrogen and oxygen atoms in total. The number of rotatable bonds is 2. The van der Waals surface area contributed by atoms with Crippen LogP contribution in [0.3, 0.4) is 0 Å². The van der Waals surface area contributed by atoms with Gasteiger partial charge in [0.05, 0.1) is 6.10 Å². The number of carbonyl (C=O) groups is 1. The fourth-order valence-corrected chi connectivity index (χ4v) is 0.910. The first kappa shape index (κ1) is 5.76. The molecule has 0 bridgehead atoms. The van der Waals surface area contributed by atoms with Gasteiger partial charge in [0.15, 0.2) is 0 Å². The highest BCUT2D eigenvalue weighted by atomic mass is 16.5. The fourth-order valence-electron chi connectivity index (χ4n) is 0.910. The van der Waals surface area contributed by atoms with Crippen molar-refractivity contribution in [3.63, 3.8) is 0 Å². The molecule has 1 aliphatic rings. The topological polar surface area (TPSA) is 26.3 Å². The smallest absolute Gasteiger partial charge is 0.123 e. The molecule has 8 heavy (non-hydrogen) atoms. The van der Waals surface area contributed by atoms with Crippen molar-refractivity contribution in [3.05, 3.63) is 0 Å². The normalized spacial score (nSPS) is 36.1. The zero-order chi connectivity index (χ0) is 5.98. The second-order valence-electron chi connectivity index (χ2n) is 2.23. The van der Waals surface area contributed by atoms with Crippen LogP contribution in [0.1, 0.15) is 12.8 Å². The standard InChI is InChI=1S/C6H10O2/c1-8-6-2-5(3-6)4-7/h4-6H,2-3H2,1H3. The van der Waals surface area contributed by atoms with E-state index in [-0.39, 0.29) is 0 Å². The van der Waals surface area contributed by atoms with Crippen LogP contribution < -0.4 is 0 Å². The molecular weight excluding hydrogens is 104 g/mol. The second kappa shape index (κ2) is 2.27. The Labute approximate surface area is 48.8 Å². The average molecular weight is 114 g/mol. The predicted octanol–water partition coefficient (Wildman–Crippen LogP) is 0.610. The summed E-state index contributed by atoms with van der Waals surface area (Å²) in [5, 5.41) is 0. The molecule has 0 unspecified atom stereocenters. The van der Waals surface area contributed by atoms with Gasteiger partial charge in [0.1, 0.15) is 6.29 Å². The van der Waals surface area contributed by atoms with E-state index in [2.05, 4.69) is 0 Å². The molecule has 0 aliphatic heterocycles. The van der Waals surface area contributed by atoms with E-state index in [0.29, 0.717) is 12.0 Å². The number of aldehydes is 1. The quantitative estimate of drug-likeness (QED) is 0.492. The van der Waals surface area contributed by atoms with E-state index in [1.54, 1.807) is 7.11 Å². The second-order valence-corrected chi connectivity index (χ2v) is 2.23. The van der Waals surface area contributed by atoms with Crippen molar-refractivity contribution in [1.82, 2.24) is 0 Å². The molecule has 1 aliphatic carbocycles. The summed E-state index contributed by atoms with van der Waals surface area (Å²) in [5.41, 5.74) is 0. The summed E-state index contributed by atoms with van der Waals surface area (Å²) in [6.45, 7) is 0. The minimum atomic E-state index is 0.292. The highest BCUT2D eigenvalue weighted by molar-refractivity contribution is 5.55. The van der Waals surface area contributed by atoms with E-state index in [0.717, 1.165) is 19.1 Å². The molecule has 0 heterocycles. The molecule has 0 radical (unpaired) electrons. The van der Waals surface area contributed by atoms with E-state index in [4.69, 9.17) is 4.74 Å². The Morgan fingerprint density at radius 2 is 2.25 bits per heavy atom. The molecule has 1 fully saturated rings. The van der Waals surface area contributed by atoms with Gasteiger partial charge in [0.25, 0.3) is 0 Å². The fraction of sp³-hybridized carbons (Fsp3) is 0.833. The first-order valence-electron chi connectivity index (χ1n) is 2.85. The monoisotopic (exact) mass is 114 g/mol. The predicted molar refractivity (Wildman–Crippen MR) is 29.6 cm³/mol. The summed E-state index contributed by atoms with van der Waals surface area (Å²) >= 11 is 0. The lowest BCUT2D eigenvalue weighted by molar-refractivity contribution is -0.117. The average Bonchev–Trinajstić information content (AvgIpc) is 1.65. The molecule has 1 saturated carbocycles. The minimum Gasteiger partial charge on any atom is -0.381 e. The first-order chi connectivity index (χ1) is 3.86. The molecule has 46 valence electrons. The molecule has 0 aromatic rings. The van der Waals surface area contributed by atoms with Gasteiger partial charge in [-0.25, -0.2) is 0 Å². The van der Waals surface area contributed by atoms with Crippen molar-refractivity contribution in [2.75, 3.05) is 7.11 Å². The summed E-state index contributed by atoms with van der Waals surface area (Å²) < 4.78 is 4.96. The van der Waals surface area contributed by atoms with Gasteiger partial charge in [-0.3, -0.25) is 0 Å². The summed E-state index contributed by atoms with van der Waals surface area (Å²) in [7, 11) is 1.69. The van der Waals surface area contributed by atoms with Gasteiger partial charge in [0.2, 0.25) is 0 Å². The summed E-state index contributed by atoms with van der Waals surface area (Å²) in [5.74, 6) is 0.292. The highest BCUT2D eigenvalue weighted by Gasteiger charge is 2.27. The van der Waals surface area contributed by atoms with E-state index >= 15 is 0 Å². The van der Waals surface area contributed by atoms with Crippen LogP contribution in [0, 0.1) is 5.92 Å². The molecule has 1 rings (SSSR count). The molecular formula is C6H10O2. The Morgan fingerprint density at radius 1 is 1.62 bits per heavy atom. The molecule has 0 spiro atoms. The van der Waals surface area contributed by atoms with Crippen LogP contribution in [0.15, 0.2) is 0 Å². The van der Waals surface area contributed by atoms with Crippen molar-refractivity contribution in [2.45, 2.75) is 18.9 Å². The van der Waals surface area contributed by atoms with E-state index < -0.39 is 0 Å². The lowest BCUT2D eigenvalue weighted by Gasteiger charge is -2.29. The van der Waals surface area contributed by atoms with Crippen LogP contribution in [0.4, 0.5) is 0 Å². The van der Waals surface area contributed by atoms with Crippen LogP contribution in [-0.2, 0) is 9.53 Å². The maximum atomic E-state index is 9.99. The molecule has 2 heteroatoms. The maximum Gasteiger partial charge on any atom is 0.123 e. The zero-order valence-electron chi connectivity index (χ0n) is 4.96. The largest absolute Gasteiger partial charge is 0.381 e. The van der Waals surface area contributed by atoms with Crippen molar-refractivity contribution >= 4 is 6.29 Å². The number of carbonyl (C=O) groups excluding carboxylic acids is 1. The van der Waals surface area contributed by atoms with E-state index in [9.17, 15) is 4.79 Å². The molecule has 0 aromatic carbocycles. The minimum absolute atomic E-state index is 0.292. The van der Waals surface area contributed by atoms with E-state index in [1.807, 2.05) is 0 Å². The molecule has 0 N–H and O–H groups in total. The van der Waals surface area contributed by atoms with Gasteiger partial charge in [-0.05, 0) is 12.8 Å². The number of ether oxygens (including phenoxy) is 1. The number of hydrogen-bond acceptors (Lipinski definition) is 2. The third-order valence-electron chi connectivity index (χ3n) is 1.66. The van der Waals surface area contributed by atoms with Crippen LogP contribution >= 0.6 is 0 Å². The number of methoxy groups -OCH3 is 1. The molecule has 0 aromatic heterocycles. The maximum absolute atomic E-state index is 9.99. The van der Waals surface area contributed by atoms with Crippen LogP contribution in [0.2, 0.25) is 0 Å². The Hall–Kier alpha value is -0.370. The van der Waals surface area contributed by atoms with Gasteiger partial charge >= 0.3 is 0 Å². The van der Waals surface area contributed by atoms with Gasteiger partial charge in [-0.15, -0.1) is 0 Å². The Morgan fingerprint density at radius 3 is 2.62 bits per heavy atom. The first-order valence-corrected chi connectivity index (χ1v) is 2.85. The number of hydrogen-bond donors (Lipinski definition) is 0. The summed E-state index contributed by atoms with van der Waals surface area (Å²) in [4.78, 5) is 9.99. The Kier molecular flexibility index (Phi) is 1.63. The highest BCUT2D eigenvalue weighted by Crippen LogP contribution is 2.26. The van der Waals surface area contributed by atoms with Crippen molar-refractivity contribution in [1.29, 1.82) is 0 Å². The van der Waals surface area contributed by atoms with Crippen LogP contribution in [-0.4, -0.2) is 19.5 Å². The van der Waals surface area contributed by atoms with Gasteiger partial charge < -0.3 is 9.53 Å². The van der Waals surface area contributed by atoms with Crippen molar-refractivity contribution in [3.8, 4) is 0 Å². The molecule has 0 saturated heterocycles. The Bertz CT molecular complexity index is 84.5. The summed E-state index contributed by atoms with van der Waals surface area (Å²) in [6.07, 6.45) is 3.24. The third-order valence-corrected chi connectivity index (χ3v) is 1.66. The van der Waals surface area contributed by atoms with Crippen LogP contribution in [0.25, 0.3) is 0 Å². The molecule has 0 amide bonds. The van der Waals surface area contributed by atoms with Crippen LogP contribution in [0.5, 0.6) is 0 Å². The van der Waals surface area contributed by atoms with Gasteiger partial charge in [-0.2, -0.15) is 0 Å². The van der Waals surface area contributed by atoms with E-state index in [1.165, 1.54) is 0 Å². The van der Waals surface area contributed by atoms with Gasteiger partial charge in [0, 0.05) is 13.0 Å². The lowest BCUT2D eigenvalue weighted by atomic mass is 9.84. The van der Waals surface area contributed by atoms with Crippen molar-refractivity contribution in [2.24, 2.45) is 5.92 Å².